The van der Waals surface area contributed by atoms with Gasteiger partial charge in [-0.2, -0.15) is 0 Å². The number of nitrogen functional groups attached to an aromatic ring is 1. The standard InChI is InChI=1S/C18H12N4O4/c19-18-20-13(10-5-7-11(8-6-10)22(24)25)9-14(21-18)17-16(23)12-3-1-2-4-15(12)26-17/h1-9,23H,(H2,19,20,21). The first kappa shape index (κ1) is 15.6. The van der Waals surface area contributed by atoms with E-state index in [2.05, 4.69) is 9.97 Å². The Morgan fingerprint density at radius 1 is 1.04 bits per heavy atom. The van der Waals surface area contributed by atoms with E-state index in [1.165, 1.54) is 12.1 Å². The number of aromatic nitrogens is 2. The van der Waals surface area contributed by atoms with Crippen LogP contribution in [0.15, 0.2) is 59.0 Å². The minimum atomic E-state index is -0.476. The molecule has 2 aromatic carbocycles. The number of benzene rings is 2. The Labute approximate surface area is 146 Å². The number of rotatable bonds is 3. The van der Waals surface area contributed by atoms with Gasteiger partial charge >= 0.3 is 0 Å². The Morgan fingerprint density at radius 2 is 1.73 bits per heavy atom. The summed E-state index contributed by atoms with van der Waals surface area (Å²) in [6.45, 7) is 0. The fraction of sp³-hybridized carbons (Fsp3) is 0. The van der Waals surface area contributed by atoms with Gasteiger partial charge < -0.3 is 15.3 Å². The highest BCUT2D eigenvalue weighted by atomic mass is 16.6. The number of aromatic hydroxyl groups is 1. The van der Waals surface area contributed by atoms with E-state index in [1.54, 1.807) is 42.5 Å². The van der Waals surface area contributed by atoms with Crippen LogP contribution in [0.5, 0.6) is 5.75 Å². The Balaban J connectivity index is 1.83. The maximum Gasteiger partial charge on any atom is 0.269 e. The molecular formula is C18H12N4O4. The van der Waals surface area contributed by atoms with Gasteiger partial charge in [-0.15, -0.1) is 0 Å². The molecule has 0 saturated heterocycles. The van der Waals surface area contributed by atoms with Crippen LogP contribution in [0.1, 0.15) is 0 Å². The fourth-order valence-corrected chi connectivity index (χ4v) is 2.69. The molecule has 0 aliphatic carbocycles. The number of nitro groups is 1. The Hall–Kier alpha value is -3.94. The Morgan fingerprint density at radius 3 is 2.42 bits per heavy atom. The van der Waals surface area contributed by atoms with Crippen LogP contribution in [0, 0.1) is 10.1 Å². The second-order valence-corrected chi connectivity index (χ2v) is 5.58. The van der Waals surface area contributed by atoms with Crippen molar-refractivity contribution in [2.75, 3.05) is 5.73 Å². The second kappa shape index (κ2) is 5.85. The van der Waals surface area contributed by atoms with Crippen molar-refractivity contribution in [3.05, 3.63) is 64.7 Å². The molecule has 2 heterocycles. The van der Waals surface area contributed by atoms with E-state index in [4.69, 9.17) is 10.2 Å². The van der Waals surface area contributed by atoms with Crippen molar-refractivity contribution in [3.63, 3.8) is 0 Å². The van der Waals surface area contributed by atoms with Crippen LogP contribution in [0.3, 0.4) is 0 Å². The lowest BCUT2D eigenvalue weighted by molar-refractivity contribution is -0.384. The summed E-state index contributed by atoms with van der Waals surface area (Å²) in [5, 5.41) is 21.8. The third-order valence-corrected chi connectivity index (χ3v) is 3.92. The molecule has 0 saturated carbocycles. The normalized spacial score (nSPS) is 10.9. The van der Waals surface area contributed by atoms with Gasteiger partial charge in [-0.25, -0.2) is 9.97 Å². The molecule has 0 fully saturated rings. The molecule has 0 aliphatic heterocycles. The van der Waals surface area contributed by atoms with E-state index in [9.17, 15) is 15.2 Å². The third-order valence-electron chi connectivity index (χ3n) is 3.92. The number of non-ortho nitro benzene ring substituents is 1. The molecule has 3 N–H and O–H groups in total. The van der Waals surface area contributed by atoms with Crippen molar-refractivity contribution in [1.82, 2.24) is 9.97 Å². The molecule has 4 rings (SSSR count). The number of nitrogens with two attached hydrogens (primary N) is 1. The van der Waals surface area contributed by atoms with Crippen molar-refractivity contribution < 1.29 is 14.4 Å². The zero-order valence-electron chi connectivity index (χ0n) is 13.3. The number of anilines is 1. The van der Waals surface area contributed by atoms with Gasteiger partial charge in [0.05, 0.1) is 16.0 Å². The van der Waals surface area contributed by atoms with Crippen LogP contribution in [0.4, 0.5) is 11.6 Å². The summed E-state index contributed by atoms with van der Waals surface area (Å²) in [4.78, 5) is 18.6. The number of fused-ring (bicyclic) bond motifs is 1. The minimum absolute atomic E-state index is 0.00397. The van der Waals surface area contributed by atoms with Crippen molar-refractivity contribution in [3.8, 4) is 28.5 Å². The lowest BCUT2D eigenvalue weighted by Gasteiger charge is -2.05. The maximum absolute atomic E-state index is 10.8. The fourth-order valence-electron chi connectivity index (χ4n) is 2.69. The predicted molar refractivity (Wildman–Crippen MR) is 95.4 cm³/mol. The van der Waals surface area contributed by atoms with Crippen molar-refractivity contribution in [1.29, 1.82) is 0 Å². The van der Waals surface area contributed by atoms with Gasteiger partial charge in [-0.3, -0.25) is 10.1 Å². The largest absolute Gasteiger partial charge is 0.504 e. The summed E-state index contributed by atoms with van der Waals surface area (Å²) in [5.74, 6) is 0.146. The number of nitrogens with zero attached hydrogens (tertiary/aromatic N) is 3. The number of para-hydroxylation sites is 1. The summed E-state index contributed by atoms with van der Waals surface area (Å²) >= 11 is 0. The number of hydrogen-bond donors (Lipinski definition) is 2. The molecule has 8 heteroatoms. The number of nitro benzene ring substituents is 1. The van der Waals surface area contributed by atoms with Crippen LogP contribution in [0.2, 0.25) is 0 Å². The van der Waals surface area contributed by atoms with E-state index in [0.717, 1.165) is 0 Å². The van der Waals surface area contributed by atoms with Gasteiger partial charge in [-0.05, 0) is 30.3 Å². The highest BCUT2D eigenvalue weighted by molar-refractivity contribution is 5.90. The minimum Gasteiger partial charge on any atom is -0.504 e. The SMILES string of the molecule is Nc1nc(-c2ccc([N+](=O)[O-])cc2)cc(-c2oc3ccccc3c2O)n1. The molecule has 128 valence electrons. The van der Waals surface area contributed by atoms with Crippen LogP contribution < -0.4 is 5.73 Å². The summed E-state index contributed by atoms with van der Waals surface area (Å²) in [6, 6.07) is 14.6. The first-order valence-corrected chi connectivity index (χ1v) is 7.63. The van der Waals surface area contributed by atoms with Crippen molar-refractivity contribution >= 4 is 22.6 Å². The smallest absolute Gasteiger partial charge is 0.269 e. The zero-order valence-corrected chi connectivity index (χ0v) is 13.3. The predicted octanol–water partition coefficient (Wildman–Crippen LogP) is 3.75. The summed E-state index contributed by atoms with van der Waals surface area (Å²) in [6.07, 6.45) is 0. The van der Waals surface area contributed by atoms with E-state index in [-0.39, 0.29) is 23.1 Å². The van der Waals surface area contributed by atoms with Gasteiger partial charge in [0.2, 0.25) is 5.95 Å². The van der Waals surface area contributed by atoms with E-state index in [0.29, 0.717) is 27.9 Å². The molecule has 26 heavy (non-hydrogen) atoms. The van der Waals surface area contributed by atoms with E-state index < -0.39 is 4.92 Å². The highest BCUT2D eigenvalue weighted by Gasteiger charge is 2.18. The first-order valence-electron chi connectivity index (χ1n) is 7.63. The maximum atomic E-state index is 10.8. The lowest BCUT2D eigenvalue weighted by atomic mass is 10.1. The zero-order chi connectivity index (χ0) is 18.3. The molecule has 8 nitrogen and oxygen atoms in total. The van der Waals surface area contributed by atoms with Gasteiger partial charge in [0, 0.05) is 17.7 Å². The summed E-state index contributed by atoms with van der Waals surface area (Å²) in [5.41, 5.74) is 7.71. The molecule has 0 spiro atoms. The van der Waals surface area contributed by atoms with Crippen LogP contribution in [0.25, 0.3) is 33.7 Å². The number of furan rings is 1. The molecule has 0 radical (unpaired) electrons. The Bertz CT molecular complexity index is 1140. The van der Waals surface area contributed by atoms with E-state index in [1.807, 2.05) is 0 Å². The molecule has 0 bridgehead atoms. The Kier molecular flexibility index (Phi) is 3.51. The van der Waals surface area contributed by atoms with Crippen LogP contribution in [-0.2, 0) is 0 Å². The van der Waals surface area contributed by atoms with Crippen molar-refractivity contribution in [2.45, 2.75) is 0 Å². The van der Waals surface area contributed by atoms with E-state index >= 15 is 0 Å². The molecule has 2 aromatic heterocycles. The quantitative estimate of drug-likeness (QED) is 0.426. The molecule has 0 amide bonds. The lowest BCUT2D eigenvalue weighted by Crippen LogP contribution is -1.98. The van der Waals surface area contributed by atoms with Gasteiger partial charge in [0.1, 0.15) is 11.3 Å². The van der Waals surface area contributed by atoms with Crippen molar-refractivity contribution in [2.24, 2.45) is 0 Å². The third kappa shape index (κ3) is 2.59. The van der Waals surface area contributed by atoms with Gasteiger partial charge in [0.25, 0.3) is 5.69 Å². The molecule has 4 aromatic rings. The monoisotopic (exact) mass is 348 g/mol. The number of hydrogen-bond acceptors (Lipinski definition) is 7. The molecule has 0 atom stereocenters. The molecular weight excluding hydrogens is 336 g/mol. The first-order chi connectivity index (χ1) is 12.5. The highest BCUT2D eigenvalue weighted by Crippen LogP contribution is 2.39. The summed E-state index contributed by atoms with van der Waals surface area (Å²) < 4.78 is 5.70. The van der Waals surface area contributed by atoms with Crippen LogP contribution in [-0.4, -0.2) is 20.0 Å². The van der Waals surface area contributed by atoms with Gasteiger partial charge in [-0.1, -0.05) is 12.1 Å². The van der Waals surface area contributed by atoms with Gasteiger partial charge in [0.15, 0.2) is 11.5 Å². The molecule has 0 unspecified atom stereocenters. The average Bonchev–Trinajstić information content (AvgIpc) is 2.98. The second-order valence-electron chi connectivity index (χ2n) is 5.58. The summed E-state index contributed by atoms with van der Waals surface area (Å²) in [7, 11) is 0. The molecule has 0 aliphatic rings. The average molecular weight is 348 g/mol. The van der Waals surface area contributed by atoms with Crippen LogP contribution >= 0.6 is 0 Å². The topological polar surface area (TPSA) is 128 Å².